The molecular weight excluding hydrogens is 298 g/mol. The molecule has 2 aromatic carbocycles. The first kappa shape index (κ1) is 17.8. The van der Waals surface area contributed by atoms with Crippen molar-refractivity contribution in [2.75, 3.05) is 11.9 Å². The van der Waals surface area contributed by atoms with Crippen LogP contribution in [0.2, 0.25) is 0 Å². The van der Waals surface area contributed by atoms with E-state index in [2.05, 4.69) is 18.3 Å². The second-order valence-electron chi connectivity index (χ2n) is 5.94. The summed E-state index contributed by atoms with van der Waals surface area (Å²) in [7, 11) is 0. The summed E-state index contributed by atoms with van der Waals surface area (Å²) in [5.41, 5.74) is 3.98. The molecule has 1 amide bonds. The largest absolute Gasteiger partial charge is 0.493 e. The SMILES string of the molecule is CCCCOc1ccccc1/C=C/C(=O)Nc1cc(C)cc(C)c1. The van der Waals surface area contributed by atoms with Crippen LogP contribution in [0.5, 0.6) is 5.75 Å². The number of hydrogen-bond donors (Lipinski definition) is 1. The summed E-state index contributed by atoms with van der Waals surface area (Å²) in [6, 6.07) is 13.7. The Morgan fingerprint density at radius 2 is 1.83 bits per heavy atom. The number of carbonyl (C=O) groups excluding carboxylic acids is 1. The Bertz CT molecular complexity index is 699. The zero-order valence-electron chi connectivity index (χ0n) is 14.6. The number of aryl methyl sites for hydroxylation is 2. The normalized spacial score (nSPS) is 10.8. The van der Waals surface area contributed by atoms with Gasteiger partial charge >= 0.3 is 0 Å². The molecule has 2 aromatic rings. The number of benzene rings is 2. The number of anilines is 1. The van der Waals surface area contributed by atoms with E-state index in [9.17, 15) is 4.79 Å². The number of para-hydroxylation sites is 1. The molecule has 0 unspecified atom stereocenters. The third-order valence-electron chi connectivity index (χ3n) is 3.58. The van der Waals surface area contributed by atoms with Crippen molar-refractivity contribution in [2.24, 2.45) is 0 Å². The highest BCUT2D eigenvalue weighted by Gasteiger charge is 2.02. The quantitative estimate of drug-likeness (QED) is 0.566. The molecule has 1 N–H and O–H groups in total. The van der Waals surface area contributed by atoms with Gasteiger partial charge in [-0.1, -0.05) is 37.6 Å². The maximum absolute atomic E-state index is 12.1. The molecule has 0 spiro atoms. The summed E-state index contributed by atoms with van der Waals surface area (Å²) in [4.78, 5) is 12.1. The first-order valence-corrected chi connectivity index (χ1v) is 8.37. The van der Waals surface area contributed by atoms with E-state index >= 15 is 0 Å². The molecule has 0 aliphatic carbocycles. The Hall–Kier alpha value is -2.55. The summed E-state index contributed by atoms with van der Waals surface area (Å²) in [6.45, 7) is 6.85. The van der Waals surface area contributed by atoms with Gasteiger partial charge in [0.15, 0.2) is 0 Å². The van der Waals surface area contributed by atoms with Crippen molar-refractivity contribution in [3.05, 3.63) is 65.2 Å². The molecule has 0 saturated carbocycles. The second kappa shape index (κ2) is 8.92. The van der Waals surface area contributed by atoms with Crippen molar-refractivity contribution in [1.29, 1.82) is 0 Å². The van der Waals surface area contributed by atoms with Crippen LogP contribution in [0.3, 0.4) is 0 Å². The zero-order chi connectivity index (χ0) is 17.4. The van der Waals surface area contributed by atoms with E-state index in [-0.39, 0.29) is 5.91 Å². The Kier molecular flexibility index (Phi) is 6.62. The van der Waals surface area contributed by atoms with E-state index in [1.54, 1.807) is 12.2 Å². The third-order valence-corrected chi connectivity index (χ3v) is 3.58. The van der Waals surface area contributed by atoms with Crippen LogP contribution in [0.1, 0.15) is 36.5 Å². The number of nitrogens with one attached hydrogen (secondary N) is 1. The van der Waals surface area contributed by atoms with Crippen LogP contribution in [-0.2, 0) is 4.79 Å². The standard InChI is InChI=1S/C21H25NO2/c1-4-5-12-24-20-9-7-6-8-18(20)10-11-21(23)22-19-14-16(2)13-17(3)15-19/h6-11,13-15H,4-5,12H2,1-3H3,(H,22,23)/b11-10+. The molecule has 3 heteroatoms. The van der Waals surface area contributed by atoms with Gasteiger partial charge < -0.3 is 10.1 Å². The summed E-state index contributed by atoms with van der Waals surface area (Å²) < 4.78 is 5.78. The average Bonchev–Trinajstić information content (AvgIpc) is 2.53. The Morgan fingerprint density at radius 1 is 1.12 bits per heavy atom. The van der Waals surface area contributed by atoms with E-state index in [1.807, 2.05) is 50.2 Å². The highest BCUT2D eigenvalue weighted by atomic mass is 16.5. The lowest BCUT2D eigenvalue weighted by Crippen LogP contribution is -2.08. The van der Waals surface area contributed by atoms with Gasteiger partial charge in [0.25, 0.3) is 0 Å². The van der Waals surface area contributed by atoms with Crippen LogP contribution in [0.4, 0.5) is 5.69 Å². The number of amides is 1. The molecule has 0 radical (unpaired) electrons. The maximum Gasteiger partial charge on any atom is 0.248 e. The topological polar surface area (TPSA) is 38.3 Å². The Morgan fingerprint density at radius 3 is 2.54 bits per heavy atom. The molecule has 0 bridgehead atoms. The van der Waals surface area contributed by atoms with Gasteiger partial charge in [0.2, 0.25) is 5.91 Å². The van der Waals surface area contributed by atoms with Gasteiger partial charge in [-0.2, -0.15) is 0 Å². The smallest absolute Gasteiger partial charge is 0.248 e. The number of ether oxygens (including phenoxy) is 1. The summed E-state index contributed by atoms with van der Waals surface area (Å²) in [5, 5.41) is 2.90. The molecular formula is C21H25NO2. The van der Waals surface area contributed by atoms with Crippen molar-refractivity contribution in [2.45, 2.75) is 33.6 Å². The van der Waals surface area contributed by atoms with Crippen molar-refractivity contribution in [3.8, 4) is 5.75 Å². The highest BCUT2D eigenvalue weighted by Crippen LogP contribution is 2.20. The molecule has 0 aromatic heterocycles. The van der Waals surface area contributed by atoms with E-state index in [1.165, 1.54) is 0 Å². The second-order valence-corrected chi connectivity index (χ2v) is 5.94. The van der Waals surface area contributed by atoms with E-state index < -0.39 is 0 Å². The molecule has 0 atom stereocenters. The highest BCUT2D eigenvalue weighted by molar-refractivity contribution is 6.02. The van der Waals surface area contributed by atoms with E-state index in [4.69, 9.17) is 4.74 Å². The fraction of sp³-hybridized carbons (Fsp3) is 0.286. The molecule has 24 heavy (non-hydrogen) atoms. The molecule has 0 aliphatic heterocycles. The Balaban J connectivity index is 2.03. The molecule has 2 rings (SSSR count). The van der Waals surface area contributed by atoms with Crippen LogP contribution in [0, 0.1) is 13.8 Å². The molecule has 0 aliphatic rings. The number of carbonyl (C=O) groups is 1. The van der Waals surface area contributed by atoms with Gasteiger partial charge in [-0.05, 0) is 55.7 Å². The van der Waals surface area contributed by atoms with Crippen LogP contribution < -0.4 is 10.1 Å². The predicted molar refractivity (Wildman–Crippen MR) is 100 cm³/mol. The van der Waals surface area contributed by atoms with Crippen molar-refractivity contribution < 1.29 is 9.53 Å². The number of rotatable bonds is 7. The molecule has 3 nitrogen and oxygen atoms in total. The van der Waals surface area contributed by atoms with E-state index in [0.717, 1.165) is 41.0 Å². The van der Waals surface area contributed by atoms with Crippen molar-refractivity contribution >= 4 is 17.7 Å². The van der Waals surface area contributed by atoms with Gasteiger partial charge in [0.05, 0.1) is 6.61 Å². The maximum atomic E-state index is 12.1. The van der Waals surface area contributed by atoms with Crippen molar-refractivity contribution in [3.63, 3.8) is 0 Å². The lowest BCUT2D eigenvalue weighted by Gasteiger charge is -2.08. The fourth-order valence-corrected chi connectivity index (χ4v) is 2.47. The van der Waals surface area contributed by atoms with Gasteiger partial charge in [-0.25, -0.2) is 0 Å². The van der Waals surface area contributed by atoms with Crippen LogP contribution in [-0.4, -0.2) is 12.5 Å². The van der Waals surface area contributed by atoms with Gasteiger partial charge in [0.1, 0.15) is 5.75 Å². The minimum Gasteiger partial charge on any atom is -0.493 e. The summed E-state index contributed by atoms with van der Waals surface area (Å²) >= 11 is 0. The first-order valence-electron chi connectivity index (χ1n) is 8.37. The Labute approximate surface area is 144 Å². The van der Waals surface area contributed by atoms with E-state index in [0.29, 0.717) is 6.61 Å². The zero-order valence-corrected chi connectivity index (χ0v) is 14.6. The lowest BCUT2D eigenvalue weighted by atomic mass is 10.1. The fourth-order valence-electron chi connectivity index (χ4n) is 2.47. The number of unbranched alkanes of at least 4 members (excludes halogenated alkanes) is 1. The molecule has 126 valence electrons. The van der Waals surface area contributed by atoms with Crippen molar-refractivity contribution in [1.82, 2.24) is 0 Å². The predicted octanol–water partition coefficient (Wildman–Crippen LogP) is 5.13. The third kappa shape index (κ3) is 5.58. The molecule has 0 heterocycles. The minimum absolute atomic E-state index is 0.150. The molecule has 0 fully saturated rings. The van der Waals surface area contributed by atoms with Gasteiger partial charge in [-0.3, -0.25) is 4.79 Å². The lowest BCUT2D eigenvalue weighted by molar-refractivity contribution is -0.111. The van der Waals surface area contributed by atoms with Crippen LogP contribution in [0.15, 0.2) is 48.5 Å². The number of hydrogen-bond acceptors (Lipinski definition) is 2. The minimum atomic E-state index is -0.150. The monoisotopic (exact) mass is 323 g/mol. The first-order chi connectivity index (χ1) is 11.6. The summed E-state index contributed by atoms with van der Waals surface area (Å²) in [5.74, 6) is 0.657. The van der Waals surface area contributed by atoms with Gasteiger partial charge in [0, 0.05) is 17.3 Å². The average molecular weight is 323 g/mol. The van der Waals surface area contributed by atoms with Crippen LogP contribution in [0.25, 0.3) is 6.08 Å². The van der Waals surface area contributed by atoms with Crippen LogP contribution >= 0.6 is 0 Å². The van der Waals surface area contributed by atoms with Gasteiger partial charge in [-0.15, -0.1) is 0 Å². The molecule has 0 saturated heterocycles. The summed E-state index contributed by atoms with van der Waals surface area (Å²) in [6.07, 6.45) is 5.44.